The molecule has 0 radical (unpaired) electrons. The highest BCUT2D eigenvalue weighted by atomic mass is 15.1. The lowest BCUT2D eigenvalue weighted by atomic mass is 10.0. The van der Waals surface area contributed by atoms with E-state index in [4.69, 9.17) is 0 Å². The van der Waals surface area contributed by atoms with E-state index < -0.39 is 0 Å². The number of hydrogen-bond donors (Lipinski definition) is 1. The van der Waals surface area contributed by atoms with Crippen LogP contribution in [0.15, 0.2) is 12.4 Å². The normalized spacial score (nSPS) is 20.9. The van der Waals surface area contributed by atoms with Crippen LogP contribution in [0.5, 0.6) is 0 Å². The molecule has 4 nitrogen and oxygen atoms in total. The van der Waals surface area contributed by atoms with Crippen molar-refractivity contribution in [3.05, 3.63) is 18.1 Å². The molecule has 1 atom stereocenters. The summed E-state index contributed by atoms with van der Waals surface area (Å²) in [5, 5.41) is 3.25. The molecule has 0 aromatic carbocycles. The topological polar surface area (TPSA) is 41.1 Å². The first kappa shape index (κ1) is 13.3. The number of hydrogen-bond acceptors (Lipinski definition) is 4. The van der Waals surface area contributed by atoms with Crippen LogP contribution in [0.4, 0.5) is 5.82 Å². The summed E-state index contributed by atoms with van der Waals surface area (Å²) in [4.78, 5) is 11.4. The maximum atomic E-state index is 4.48. The first-order chi connectivity index (χ1) is 8.78. The molecule has 0 spiro atoms. The van der Waals surface area contributed by atoms with E-state index in [0.717, 1.165) is 36.9 Å². The highest BCUT2D eigenvalue weighted by Crippen LogP contribution is 2.17. The Morgan fingerprint density at radius 3 is 2.94 bits per heavy atom. The van der Waals surface area contributed by atoms with Gasteiger partial charge in [0.25, 0.3) is 0 Å². The van der Waals surface area contributed by atoms with E-state index >= 15 is 0 Å². The summed E-state index contributed by atoms with van der Waals surface area (Å²) in [5.74, 6) is 1.70. The molecule has 0 aliphatic carbocycles. The Hall–Kier alpha value is -1.16. The van der Waals surface area contributed by atoms with Gasteiger partial charge in [0.1, 0.15) is 5.82 Å². The van der Waals surface area contributed by atoms with Crippen molar-refractivity contribution >= 4 is 5.82 Å². The molecule has 1 aliphatic rings. The molecular weight excluding hydrogens is 224 g/mol. The lowest BCUT2D eigenvalue weighted by molar-refractivity contribution is 0.174. The van der Waals surface area contributed by atoms with E-state index in [-0.39, 0.29) is 0 Å². The van der Waals surface area contributed by atoms with Crippen LogP contribution in [0.25, 0.3) is 0 Å². The van der Waals surface area contributed by atoms with Crippen molar-refractivity contribution in [3.63, 3.8) is 0 Å². The van der Waals surface area contributed by atoms with E-state index in [9.17, 15) is 0 Å². The van der Waals surface area contributed by atoms with E-state index in [2.05, 4.69) is 34.0 Å². The summed E-state index contributed by atoms with van der Waals surface area (Å²) in [6, 6.07) is 0. The van der Waals surface area contributed by atoms with Gasteiger partial charge in [-0.2, -0.15) is 0 Å². The van der Waals surface area contributed by atoms with Crippen molar-refractivity contribution in [1.82, 2.24) is 14.9 Å². The minimum atomic E-state index is 0.817. The number of piperidine rings is 1. The van der Waals surface area contributed by atoms with Crippen molar-refractivity contribution in [3.8, 4) is 0 Å². The van der Waals surface area contributed by atoms with Crippen LogP contribution < -0.4 is 5.32 Å². The molecule has 18 heavy (non-hydrogen) atoms. The minimum Gasteiger partial charge on any atom is -0.369 e. The Morgan fingerprint density at radius 1 is 1.39 bits per heavy atom. The largest absolute Gasteiger partial charge is 0.369 e. The Morgan fingerprint density at radius 2 is 2.28 bits per heavy atom. The first-order valence-corrected chi connectivity index (χ1v) is 7.05. The zero-order valence-electron chi connectivity index (χ0n) is 11.5. The summed E-state index contributed by atoms with van der Waals surface area (Å²) in [6.07, 6.45) is 7.53. The Balaban J connectivity index is 1.85. The van der Waals surface area contributed by atoms with Crippen molar-refractivity contribution < 1.29 is 0 Å². The van der Waals surface area contributed by atoms with Crippen LogP contribution in [-0.2, 0) is 6.54 Å². The third kappa shape index (κ3) is 3.95. The molecule has 1 aromatic rings. The van der Waals surface area contributed by atoms with Crippen LogP contribution >= 0.6 is 0 Å². The van der Waals surface area contributed by atoms with Crippen molar-refractivity contribution in [2.75, 3.05) is 25.0 Å². The van der Waals surface area contributed by atoms with Gasteiger partial charge in [0, 0.05) is 19.6 Å². The minimum absolute atomic E-state index is 0.817. The molecule has 1 fully saturated rings. The van der Waals surface area contributed by atoms with E-state index in [1.165, 1.54) is 25.9 Å². The second-order valence-corrected chi connectivity index (χ2v) is 5.30. The second kappa shape index (κ2) is 6.69. The van der Waals surface area contributed by atoms with Crippen LogP contribution in [0.3, 0.4) is 0 Å². The Kier molecular flexibility index (Phi) is 4.93. The summed E-state index contributed by atoms with van der Waals surface area (Å²) < 4.78 is 0. The summed E-state index contributed by atoms with van der Waals surface area (Å²) in [6.45, 7) is 8.75. The van der Waals surface area contributed by atoms with Gasteiger partial charge < -0.3 is 5.32 Å². The molecule has 4 heteroatoms. The van der Waals surface area contributed by atoms with Gasteiger partial charge >= 0.3 is 0 Å². The van der Waals surface area contributed by atoms with Crippen LogP contribution in [0.1, 0.15) is 38.8 Å². The molecule has 1 N–H and O–H groups in total. The molecule has 1 saturated heterocycles. The highest BCUT2D eigenvalue weighted by Gasteiger charge is 2.16. The van der Waals surface area contributed by atoms with E-state index in [1.54, 1.807) is 0 Å². The first-order valence-electron chi connectivity index (χ1n) is 7.05. The molecule has 100 valence electrons. The summed E-state index contributed by atoms with van der Waals surface area (Å²) in [5.41, 5.74) is 1.08. The lowest BCUT2D eigenvalue weighted by Gasteiger charge is -2.30. The van der Waals surface area contributed by atoms with Gasteiger partial charge in [-0.15, -0.1) is 0 Å². The van der Waals surface area contributed by atoms with Crippen molar-refractivity contribution in [1.29, 1.82) is 0 Å². The Bertz CT molecular complexity index is 349. The number of likely N-dealkylation sites (tertiary alicyclic amines) is 1. The average Bonchev–Trinajstić information content (AvgIpc) is 2.38. The Labute approximate surface area is 110 Å². The van der Waals surface area contributed by atoms with E-state index in [0.29, 0.717) is 0 Å². The monoisotopic (exact) mass is 248 g/mol. The zero-order valence-corrected chi connectivity index (χ0v) is 11.5. The molecule has 2 rings (SSSR count). The average molecular weight is 248 g/mol. The molecule has 1 unspecified atom stereocenters. The third-order valence-electron chi connectivity index (χ3n) is 3.39. The predicted molar refractivity (Wildman–Crippen MR) is 74.5 cm³/mol. The number of nitrogens with one attached hydrogen (secondary N) is 1. The lowest BCUT2D eigenvalue weighted by Crippen LogP contribution is -2.34. The molecule has 1 aromatic heterocycles. The SMILES string of the molecule is CCCNc1cnc(CN2CCCC(C)C2)cn1. The maximum Gasteiger partial charge on any atom is 0.144 e. The van der Waals surface area contributed by atoms with Gasteiger partial charge in [0.15, 0.2) is 0 Å². The van der Waals surface area contributed by atoms with Gasteiger partial charge in [-0.25, -0.2) is 4.98 Å². The number of nitrogens with zero attached hydrogens (tertiary/aromatic N) is 3. The van der Waals surface area contributed by atoms with Gasteiger partial charge in [-0.1, -0.05) is 13.8 Å². The number of rotatable bonds is 5. The van der Waals surface area contributed by atoms with Gasteiger partial charge in [0.05, 0.1) is 18.1 Å². The fraction of sp³-hybridized carbons (Fsp3) is 0.714. The predicted octanol–water partition coefficient (Wildman–Crippen LogP) is 2.53. The standard InChI is InChI=1S/C14H24N4/c1-3-6-15-14-9-16-13(8-17-14)11-18-7-4-5-12(2)10-18/h8-9,12H,3-7,10-11H2,1-2H3,(H,15,17). The quantitative estimate of drug-likeness (QED) is 0.869. The number of anilines is 1. The van der Waals surface area contributed by atoms with Crippen LogP contribution in [-0.4, -0.2) is 34.5 Å². The molecule has 0 saturated carbocycles. The zero-order chi connectivity index (χ0) is 12.8. The van der Waals surface area contributed by atoms with Gasteiger partial charge in [-0.05, 0) is 31.7 Å². The highest BCUT2D eigenvalue weighted by molar-refractivity contribution is 5.30. The van der Waals surface area contributed by atoms with Crippen LogP contribution in [0.2, 0.25) is 0 Å². The maximum absolute atomic E-state index is 4.48. The fourth-order valence-electron chi connectivity index (χ4n) is 2.44. The summed E-state index contributed by atoms with van der Waals surface area (Å²) in [7, 11) is 0. The molecule has 1 aliphatic heterocycles. The fourth-order valence-corrected chi connectivity index (χ4v) is 2.44. The van der Waals surface area contributed by atoms with Crippen molar-refractivity contribution in [2.24, 2.45) is 5.92 Å². The van der Waals surface area contributed by atoms with E-state index in [1.807, 2.05) is 12.4 Å². The molecular formula is C14H24N4. The van der Waals surface area contributed by atoms with Crippen molar-refractivity contribution in [2.45, 2.75) is 39.7 Å². The molecule has 0 bridgehead atoms. The summed E-state index contributed by atoms with van der Waals surface area (Å²) >= 11 is 0. The molecule has 2 heterocycles. The van der Waals surface area contributed by atoms with Crippen LogP contribution in [0, 0.1) is 5.92 Å². The van der Waals surface area contributed by atoms with Gasteiger partial charge in [-0.3, -0.25) is 9.88 Å². The molecule has 0 amide bonds. The van der Waals surface area contributed by atoms with Gasteiger partial charge in [0.2, 0.25) is 0 Å². The second-order valence-electron chi connectivity index (χ2n) is 5.30. The number of aromatic nitrogens is 2. The third-order valence-corrected chi connectivity index (χ3v) is 3.39. The smallest absolute Gasteiger partial charge is 0.144 e.